The minimum atomic E-state index is -0.736. The van der Waals surface area contributed by atoms with Crippen LogP contribution in [0.2, 0.25) is 0 Å². The number of carbonyl (C=O) groups excluding carboxylic acids is 2. The summed E-state index contributed by atoms with van der Waals surface area (Å²) >= 11 is 0. The summed E-state index contributed by atoms with van der Waals surface area (Å²) in [6.45, 7) is 10.6. The van der Waals surface area contributed by atoms with Gasteiger partial charge < -0.3 is 19.9 Å². The first-order chi connectivity index (χ1) is 16.0. The van der Waals surface area contributed by atoms with Gasteiger partial charge in [0.25, 0.3) is 0 Å². The Balaban J connectivity index is 1.62. The number of aliphatic hydroxyl groups excluding tert-OH is 1. The molecule has 2 unspecified atom stereocenters. The zero-order valence-electron chi connectivity index (χ0n) is 20.6. The average molecular weight is 468 g/mol. The maximum absolute atomic E-state index is 13.7. The summed E-state index contributed by atoms with van der Waals surface area (Å²) < 4.78 is 3.60. The zero-order chi connectivity index (χ0) is 24.8. The fourth-order valence-electron chi connectivity index (χ4n) is 4.64. The Morgan fingerprint density at radius 1 is 1.24 bits per heavy atom. The van der Waals surface area contributed by atoms with Crippen molar-refractivity contribution in [3.05, 3.63) is 41.5 Å². The standard InChI is InChI=1S/C24H33N7O3/c1-14-7-18-19(8-15(14)2)29(13-26-18)10-16-11-31(28-27-16)21(24(3,4)5)23(34)30-12-17(32)9-20(30)22(33)25-6/h7-8,11,13,17,20-21,32H,9-10,12H2,1-6H3,(H,25,33)/t17?,20-,21?/m1/s1. The molecule has 1 aliphatic rings. The smallest absolute Gasteiger partial charge is 0.248 e. The number of rotatable bonds is 5. The van der Waals surface area contributed by atoms with Gasteiger partial charge >= 0.3 is 0 Å². The van der Waals surface area contributed by atoms with Gasteiger partial charge in [0, 0.05) is 20.0 Å². The molecule has 10 heteroatoms. The maximum Gasteiger partial charge on any atom is 0.248 e. The Kier molecular flexibility index (Phi) is 6.20. The van der Waals surface area contributed by atoms with Crippen LogP contribution in [0.3, 0.4) is 0 Å². The van der Waals surface area contributed by atoms with Crippen LogP contribution in [0, 0.1) is 19.3 Å². The molecule has 10 nitrogen and oxygen atoms in total. The predicted octanol–water partition coefficient (Wildman–Crippen LogP) is 1.59. The largest absolute Gasteiger partial charge is 0.391 e. The Hall–Kier alpha value is -3.27. The van der Waals surface area contributed by atoms with Crippen LogP contribution < -0.4 is 5.32 Å². The molecule has 2 N–H and O–H groups in total. The molecular weight excluding hydrogens is 434 g/mol. The molecule has 1 fully saturated rings. The number of likely N-dealkylation sites (N-methyl/N-ethyl adjacent to an activating group) is 1. The van der Waals surface area contributed by atoms with Crippen molar-refractivity contribution >= 4 is 22.8 Å². The number of imidazole rings is 1. The van der Waals surface area contributed by atoms with E-state index in [1.165, 1.54) is 23.1 Å². The van der Waals surface area contributed by atoms with Gasteiger partial charge in [-0.2, -0.15) is 0 Å². The lowest BCUT2D eigenvalue weighted by Crippen LogP contribution is -2.49. The molecule has 34 heavy (non-hydrogen) atoms. The van der Waals surface area contributed by atoms with E-state index in [2.05, 4.69) is 46.6 Å². The zero-order valence-corrected chi connectivity index (χ0v) is 20.6. The number of hydrogen-bond acceptors (Lipinski definition) is 6. The Morgan fingerprint density at radius 2 is 1.94 bits per heavy atom. The molecule has 2 amide bonds. The van der Waals surface area contributed by atoms with Crippen molar-refractivity contribution < 1.29 is 14.7 Å². The predicted molar refractivity (Wildman–Crippen MR) is 127 cm³/mol. The first-order valence-electron chi connectivity index (χ1n) is 11.5. The van der Waals surface area contributed by atoms with E-state index in [0.29, 0.717) is 12.2 Å². The molecule has 1 aliphatic heterocycles. The Morgan fingerprint density at radius 3 is 2.62 bits per heavy atom. The fourth-order valence-corrected chi connectivity index (χ4v) is 4.64. The van der Waals surface area contributed by atoms with Crippen LogP contribution in [-0.2, 0) is 16.1 Å². The number of hydrogen-bond donors (Lipinski definition) is 2. The summed E-state index contributed by atoms with van der Waals surface area (Å²) in [5, 5.41) is 21.4. The normalized spacial score (nSPS) is 19.6. The third-order valence-electron chi connectivity index (χ3n) is 6.56. The highest BCUT2D eigenvalue weighted by molar-refractivity contribution is 5.90. The van der Waals surface area contributed by atoms with Crippen molar-refractivity contribution in [2.24, 2.45) is 5.41 Å². The highest BCUT2D eigenvalue weighted by atomic mass is 16.3. The van der Waals surface area contributed by atoms with E-state index in [0.717, 1.165) is 11.0 Å². The molecule has 2 aromatic heterocycles. The van der Waals surface area contributed by atoms with Gasteiger partial charge in [-0.3, -0.25) is 9.59 Å². The van der Waals surface area contributed by atoms with Gasteiger partial charge in [0.05, 0.1) is 36.2 Å². The quantitative estimate of drug-likeness (QED) is 0.588. The number of nitrogens with zero attached hydrogens (tertiary/aromatic N) is 6. The summed E-state index contributed by atoms with van der Waals surface area (Å²) in [4.78, 5) is 32.0. The summed E-state index contributed by atoms with van der Waals surface area (Å²) in [5.74, 6) is -0.539. The second-order valence-electron chi connectivity index (χ2n) is 10.3. The lowest BCUT2D eigenvalue weighted by Gasteiger charge is -2.34. The fraction of sp³-hybridized carbons (Fsp3) is 0.542. The molecular formula is C24H33N7O3. The van der Waals surface area contributed by atoms with Crippen molar-refractivity contribution in [3.63, 3.8) is 0 Å². The Bertz CT molecular complexity index is 1220. The number of fused-ring (bicyclic) bond motifs is 1. The van der Waals surface area contributed by atoms with Crippen LogP contribution in [0.5, 0.6) is 0 Å². The summed E-state index contributed by atoms with van der Waals surface area (Å²) in [5.41, 5.74) is 4.52. The monoisotopic (exact) mass is 467 g/mol. The van der Waals surface area contributed by atoms with Gasteiger partial charge in [0.2, 0.25) is 11.8 Å². The average Bonchev–Trinajstić information content (AvgIpc) is 3.47. The number of nitrogens with one attached hydrogen (secondary N) is 1. The number of carbonyl (C=O) groups is 2. The van der Waals surface area contributed by atoms with Crippen LogP contribution in [0.4, 0.5) is 0 Å². The molecule has 3 atom stereocenters. The van der Waals surface area contributed by atoms with E-state index in [1.807, 2.05) is 25.3 Å². The van der Waals surface area contributed by atoms with Crippen molar-refractivity contribution in [3.8, 4) is 0 Å². The number of benzene rings is 1. The molecule has 0 saturated carbocycles. The number of amides is 2. The maximum atomic E-state index is 13.7. The van der Waals surface area contributed by atoms with E-state index in [4.69, 9.17) is 0 Å². The highest BCUT2D eigenvalue weighted by Gasteiger charge is 2.45. The summed E-state index contributed by atoms with van der Waals surface area (Å²) in [7, 11) is 1.53. The third-order valence-corrected chi connectivity index (χ3v) is 6.56. The third kappa shape index (κ3) is 4.42. The molecule has 1 saturated heterocycles. The van der Waals surface area contributed by atoms with Crippen LogP contribution in [-0.4, -0.2) is 72.1 Å². The molecule has 3 aromatic rings. The first kappa shape index (κ1) is 23.9. The molecule has 182 valence electrons. The number of β-amino-alcohol motifs (C(OH)–C–C–N with tert-alkyl or cyclic N) is 1. The number of aliphatic hydroxyl groups is 1. The second-order valence-corrected chi connectivity index (χ2v) is 10.3. The summed E-state index contributed by atoms with van der Waals surface area (Å²) in [6, 6.07) is 2.79. The highest BCUT2D eigenvalue weighted by Crippen LogP contribution is 2.34. The van der Waals surface area contributed by atoms with Gasteiger partial charge in [0.1, 0.15) is 17.8 Å². The van der Waals surface area contributed by atoms with E-state index >= 15 is 0 Å². The van der Waals surface area contributed by atoms with Crippen molar-refractivity contribution in [1.29, 1.82) is 0 Å². The van der Waals surface area contributed by atoms with Gasteiger partial charge in [-0.15, -0.1) is 5.10 Å². The Labute approximate surface area is 198 Å². The molecule has 4 rings (SSSR count). The molecule has 0 spiro atoms. The van der Waals surface area contributed by atoms with Crippen molar-refractivity contribution in [1.82, 2.24) is 34.8 Å². The number of likely N-dealkylation sites (tertiary alicyclic amines) is 1. The lowest BCUT2D eigenvalue weighted by molar-refractivity contribution is -0.144. The second kappa shape index (κ2) is 8.83. The molecule has 3 heterocycles. The minimum absolute atomic E-state index is 0.116. The van der Waals surface area contributed by atoms with Gasteiger partial charge in [-0.25, -0.2) is 9.67 Å². The van der Waals surface area contributed by atoms with E-state index in [-0.39, 0.29) is 24.8 Å². The number of aromatic nitrogens is 5. The van der Waals surface area contributed by atoms with E-state index in [1.54, 1.807) is 17.2 Å². The van der Waals surface area contributed by atoms with Gasteiger partial charge in [-0.05, 0) is 42.5 Å². The van der Waals surface area contributed by atoms with E-state index < -0.39 is 23.6 Å². The molecule has 0 aliphatic carbocycles. The van der Waals surface area contributed by atoms with Crippen LogP contribution >= 0.6 is 0 Å². The van der Waals surface area contributed by atoms with Crippen LogP contribution in [0.1, 0.15) is 50.1 Å². The topological polar surface area (TPSA) is 118 Å². The van der Waals surface area contributed by atoms with Gasteiger partial charge in [0.15, 0.2) is 0 Å². The SMILES string of the molecule is CNC(=O)[C@H]1CC(O)CN1C(=O)C(n1cc(Cn2cnc3cc(C)c(C)cc32)nn1)C(C)(C)C. The van der Waals surface area contributed by atoms with Crippen LogP contribution in [0.25, 0.3) is 11.0 Å². The van der Waals surface area contributed by atoms with E-state index in [9.17, 15) is 14.7 Å². The minimum Gasteiger partial charge on any atom is -0.391 e. The molecule has 0 radical (unpaired) electrons. The lowest BCUT2D eigenvalue weighted by atomic mass is 9.85. The first-order valence-corrected chi connectivity index (χ1v) is 11.5. The molecule has 1 aromatic carbocycles. The van der Waals surface area contributed by atoms with Crippen molar-refractivity contribution in [2.75, 3.05) is 13.6 Å². The van der Waals surface area contributed by atoms with Crippen molar-refractivity contribution in [2.45, 2.75) is 65.8 Å². The van der Waals surface area contributed by atoms with Gasteiger partial charge in [-0.1, -0.05) is 26.0 Å². The summed E-state index contributed by atoms with van der Waals surface area (Å²) in [6.07, 6.45) is 3.05. The molecule has 0 bridgehead atoms. The van der Waals surface area contributed by atoms with Crippen LogP contribution in [0.15, 0.2) is 24.7 Å². The number of aryl methyl sites for hydroxylation is 2.